The smallest absolute Gasteiger partial charge is 0.340 e. The zero-order valence-electron chi connectivity index (χ0n) is 13.6. The van der Waals surface area contributed by atoms with Gasteiger partial charge < -0.3 is 14.8 Å². The molecule has 0 aliphatic heterocycles. The van der Waals surface area contributed by atoms with Gasteiger partial charge >= 0.3 is 5.97 Å². The summed E-state index contributed by atoms with van der Waals surface area (Å²) in [6, 6.07) is 10.7. The van der Waals surface area contributed by atoms with Crippen LogP contribution in [0, 0.1) is 6.92 Å². The van der Waals surface area contributed by atoms with Crippen LogP contribution >= 0.6 is 23.2 Å². The first-order valence-electron chi connectivity index (χ1n) is 7.52. The lowest BCUT2D eigenvalue weighted by Crippen LogP contribution is -2.12. The molecule has 2 rings (SSSR count). The van der Waals surface area contributed by atoms with Crippen molar-refractivity contribution in [3.05, 3.63) is 57.6 Å². The number of para-hydroxylation sites is 1. The van der Waals surface area contributed by atoms with Crippen LogP contribution in [0.2, 0.25) is 10.0 Å². The van der Waals surface area contributed by atoms with Gasteiger partial charge in [-0.1, -0.05) is 29.3 Å². The Labute approximate surface area is 151 Å². The predicted molar refractivity (Wildman–Crippen MR) is 97.6 cm³/mol. The standard InChI is InChI=1S/C18H19Cl2NO3/c1-12-11-13(7-8-15(12)19)24-10-4-9-21-17-14(18(22)23-2)5-3-6-16(17)20/h3,5-8,11,21H,4,9-10H2,1-2H3. The van der Waals surface area contributed by atoms with E-state index >= 15 is 0 Å². The van der Waals surface area contributed by atoms with Crippen molar-refractivity contribution < 1.29 is 14.3 Å². The Hall–Kier alpha value is -1.91. The quantitative estimate of drug-likeness (QED) is 0.554. The molecule has 2 aromatic carbocycles. The maximum absolute atomic E-state index is 11.8. The van der Waals surface area contributed by atoms with Crippen LogP contribution in [0.4, 0.5) is 5.69 Å². The van der Waals surface area contributed by atoms with Crippen molar-refractivity contribution in [2.24, 2.45) is 0 Å². The summed E-state index contributed by atoms with van der Waals surface area (Å²) in [5, 5.41) is 4.37. The Morgan fingerprint density at radius 2 is 1.96 bits per heavy atom. The molecular formula is C18H19Cl2NO3. The van der Waals surface area contributed by atoms with Crippen molar-refractivity contribution in [2.75, 3.05) is 25.6 Å². The highest BCUT2D eigenvalue weighted by molar-refractivity contribution is 6.34. The highest BCUT2D eigenvalue weighted by Gasteiger charge is 2.14. The van der Waals surface area contributed by atoms with Crippen LogP contribution in [-0.4, -0.2) is 26.2 Å². The van der Waals surface area contributed by atoms with E-state index < -0.39 is 5.97 Å². The summed E-state index contributed by atoms with van der Waals surface area (Å²) in [6.07, 6.45) is 0.744. The second-order valence-electron chi connectivity index (χ2n) is 5.19. The van der Waals surface area contributed by atoms with Crippen molar-refractivity contribution in [3.8, 4) is 5.75 Å². The van der Waals surface area contributed by atoms with Gasteiger partial charge in [0.25, 0.3) is 0 Å². The Balaban J connectivity index is 1.86. The fourth-order valence-corrected chi connectivity index (χ4v) is 2.53. The third kappa shape index (κ3) is 4.79. The van der Waals surface area contributed by atoms with Crippen LogP contribution in [-0.2, 0) is 4.74 Å². The van der Waals surface area contributed by atoms with Crippen molar-refractivity contribution in [1.82, 2.24) is 0 Å². The highest BCUT2D eigenvalue weighted by atomic mass is 35.5. The molecule has 0 unspecified atom stereocenters. The van der Waals surface area contributed by atoms with Gasteiger partial charge in [0, 0.05) is 11.6 Å². The van der Waals surface area contributed by atoms with E-state index in [9.17, 15) is 4.79 Å². The van der Waals surface area contributed by atoms with Crippen molar-refractivity contribution >= 4 is 34.9 Å². The van der Waals surface area contributed by atoms with E-state index in [4.69, 9.17) is 32.7 Å². The number of nitrogens with one attached hydrogen (secondary N) is 1. The summed E-state index contributed by atoms with van der Waals surface area (Å²) in [7, 11) is 1.34. The summed E-state index contributed by atoms with van der Waals surface area (Å²) < 4.78 is 10.5. The molecular weight excluding hydrogens is 349 g/mol. The first-order valence-corrected chi connectivity index (χ1v) is 8.28. The third-order valence-electron chi connectivity index (χ3n) is 3.44. The van der Waals surface area contributed by atoms with Crippen LogP contribution in [0.25, 0.3) is 0 Å². The lowest BCUT2D eigenvalue weighted by Gasteiger charge is -2.13. The molecule has 128 valence electrons. The number of carbonyl (C=O) groups excluding carboxylic acids is 1. The van der Waals surface area contributed by atoms with Crippen LogP contribution in [0.1, 0.15) is 22.3 Å². The van der Waals surface area contributed by atoms with Crippen molar-refractivity contribution in [2.45, 2.75) is 13.3 Å². The second kappa shape index (κ2) is 8.81. The van der Waals surface area contributed by atoms with Crippen LogP contribution in [0.15, 0.2) is 36.4 Å². The van der Waals surface area contributed by atoms with Crippen LogP contribution in [0.3, 0.4) is 0 Å². The topological polar surface area (TPSA) is 47.6 Å². The minimum absolute atomic E-state index is 0.416. The van der Waals surface area contributed by atoms with Gasteiger partial charge in [-0.05, 0) is 49.2 Å². The normalized spacial score (nSPS) is 10.3. The fourth-order valence-electron chi connectivity index (χ4n) is 2.17. The molecule has 0 fully saturated rings. The van der Waals surface area contributed by atoms with E-state index in [-0.39, 0.29) is 0 Å². The molecule has 24 heavy (non-hydrogen) atoms. The van der Waals surface area contributed by atoms with Gasteiger partial charge in [-0.15, -0.1) is 0 Å². The molecule has 0 bridgehead atoms. The minimum atomic E-state index is -0.423. The lowest BCUT2D eigenvalue weighted by atomic mass is 10.1. The van der Waals surface area contributed by atoms with Gasteiger partial charge in [0.1, 0.15) is 5.75 Å². The number of anilines is 1. The van der Waals surface area contributed by atoms with Gasteiger partial charge in [0.2, 0.25) is 0 Å². The van der Waals surface area contributed by atoms with E-state index in [2.05, 4.69) is 5.32 Å². The molecule has 0 saturated heterocycles. The van der Waals surface area contributed by atoms with Gasteiger partial charge in [-0.25, -0.2) is 4.79 Å². The number of hydrogen-bond acceptors (Lipinski definition) is 4. The van der Waals surface area contributed by atoms with E-state index in [0.717, 1.165) is 22.8 Å². The Morgan fingerprint density at radius 3 is 2.67 bits per heavy atom. The average molecular weight is 368 g/mol. The molecule has 0 heterocycles. The van der Waals surface area contributed by atoms with E-state index in [1.54, 1.807) is 18.2 Å². The molecule has 6 heteroatoms. The lowest BCUT2D eigenvalue weighted by molar-refractivity contribution is 0.0602. The zero-order valence-corrected chi connectivity index (χ0v) is 15.1. The average Bonchev–Trinajstić information content (AvgIpc) is 2.58. The number of ether oxygens (including phenoxy) is 2. The number of benzene rings is 2. The Morgan fingerprint density at radius 1 is 1.17 bits per heavy atom. The van der Waals surface area contributed by atoms with Crippen molar-refractivity contribution in [1.29, 1.82) is 0 Å². The second-order valence-corrected chi connectivity index (χ2v) is 6.01. The van der Waals surface area contributed by atoms with Gasteiger partial charge in [-0.3, -0.25) is 0 Å². The molecule has 4 nitrogen and oxygen atoms in total. The number of hydrogen-bond donors (Lipinski definition) is 1. The number of aryl methyl sites for hydroxylation is 1. The number of esters is 1. The fraction of sp³-hybridized carbons (Fsp3) is 0.278. The van der Waals surface area contributed by atoms with E-state index in [1.165, 1.54) is 7.11 Å². The summed E-state index contributed by atoms with van der Waals surface area (Å²) in [5.41, 5.74) is 1.97. The number of rotatable bonds is 7. The van der Waals surface area contributed by atoms with E-state index in [1.807, 2.05) is 25.1 Å². The Kier molecular flexibility index (Phi) is 6.76. The molecule has 0 aliphatic rings. The number of carbonyl (C=O) groups is 1. The predicted octanol–water partition coefficient (Wildman–Crippen LogP) is 4.97. The third-order valence-corrected chi connectivity index (χ3v) is 4.18. The summed E-state index contributed by atoms with van der Waals surface area (Å²) in [5.74, 6) is 0.359. The summed E-state index contributed by atoms with van der Waals surface area (Å²) >= 11 is 12.1. The van der Waals surface area contributed by atoms with Gasteiger partial charge in [-0.2, -0.15) is 0 Å². The van der Waals surface area contributed by atoms with Crippen LogP contribution in [0.5, 0.6) is 5.75 Å². The molecule has 0 atom stereocenters. The largest absolute Gasteiger partial charge is 0.494 e. The Bertz CT molecular complexity index is 719. The minimum Gasteiger partial charge on any atom is -0.494 e. The molecule has 0 aliphatic carbocycles. The molecule has 2 aromatic rings. The van der Waals surface area contributed by atoms with E-state index in [0.29, 0.717) is 29.4 Å². The molecule has 0 spiro atoms. The first kappa shape index (κ1) is 18.4. The number of halogens is 2. The monoisotopic (exact) mass is 367 g/mol. The molecule has 0 saturated carbocycles. The van der Waals surface area contributed by atoms with Crippen molar-refractivity contribution in [3.63, 3.8) is 0 Å². The number of methoxy groups -OCH3 is 1. The molecule has 0 radical (unpaired) electrons. The molecule has 1 N–H and O–H groups in total. The maximum atomic E-state index is 11.8. The SMILES string of the molecule is COC(=O)c1cccc(Cl)c1NCCCOc1ccc(Cl)c(C)c1. The molecule has 0 amide bonds. The molecule has 0 aromatic heterocycles. The van der Waals surface area contributed by atoms with Gasteiger partial charge in [0.15, 0.2) is 0 Å². The summed E-state index contributed by atoms with van der Waals surface area (Å²) in [6.45, 7) is 3.08. The highest BCUT2D eigenvalue weighted by Crippen LogP contribution is 2.26. The van der Waals surface area contributed by atoms with Crippen LogP contribution < -0.4 is 10.1 Å². The van der Waals surface area contributed by atoms with Gasteiger partial charge in [0.05, 0.1) is 30.0 Å². The maximum Gasteiger partial charge on any atom is 0.340 e. The first-order chi connectivity index (χ1) is 11.5. The summed E-state index contributed by atoms with van der Waals surface area (Å²) in [4.78, 5) is 11.8. The zero-order chi connectivity index (χ0) is 17.5.